The Labute approximate surface area is 228 Å². The fourth-order valence-electron chi connectivity index (χ4n) is 5.99. The van der Waals surface area contributed by atoms with Crippen molar-refractivity contribution in [3.8, 4) is 28.3 Å². The van der Waals surface area contributed by atoms with Crippen molar-refractivity contribution in [2.45, 2.75) is 19.3 Å². The van der Waals surface area contributed by atoms with Gasteiger partial charge in [0.1, 0.15) is 5.69 Å². The van der Waals surface area contributed by atoms with Crippen molar-refractivity contribution in [1.29, 1.82) is 0 Å². The molecule has 0 saturated carbocycles. The van der Waals surface area contributed by atoms with Crippen LogP contribution in [0.4, 0.5) is 0 Å². The number of benzene rings is 5. The highest BCUT2D eigenvalue weighted by Gasteiger charge is 2.39. The van der Waals surface area contributed by atoms with Crippen molar-refractivity contribution in [3.05, 3.63) is 126 Å². The van der Waals surface area contributed by atoms with Crippen molar-refractivity contribution in [2.24, 2.45) is 0 Å². The monoisotopic (exact) mass is 492 g/mol. The van der Waals surface area contributed by atoms with E-state index in [2.05, 4.69) is 50.2 Å². The maximum atomic E-state index is 8.90. The van der Waals surface area contributed by atoms with E-state index in [1.807, 2.05) is 53.1 Å². The summed E-state index contributed by atoms with van der Waals surface area (Å²) < 4.78 is 45.0. The average molecular weight is 493 g/mol. The summed E-state index contributed by atoms with van der Waals surface area (Å²) in [5.74, 6) is 0.422. The van der Waals surface area contributed by atoms with Gasteiger partial charge in [0.15, 0.2) is 5.82 Å². The zero-order chi connectivity index (χ0) is 29.8. The van der Waals surface area contributed by atoms with Crippen molar-refractivity contribution < 1.29 is 6.85 Å². The van der Waals surface area contributed by atoms with Crippen molar-refractivity contribution in [3.63, 3.8) is 0 Å². The molecule has 0 radical (unpaired) electrons. The van der Waals surface area contributed by atoms with Crippen molar-refractivity contribution >= 4 is 32.6 Å². The molecular formula is C35H25N3. The van der Waals surface area contributed by atoms with Crippen LogP contribution in [0.15, 0.2) is 115 Å². The number of nitrogens with zero attached hydrogens (tertiary/aromatic N) is 3. The molecule has 3 heteroatoms. The van der Waals surface area contributed by atoms with Crippen molar-refractivity contribution in [1.82, 2.24) is 14.5 Å². The predicted molar refractivity (Wildman–Crippen MR) is 157 cm³/mol. The molecule has 0 saturated heterocycles. The lowest BCUT2D eigenvalue weighted by Crippen LogP contribution is -2.18. The van der Waals surface area contributed by atoms with Gasteiger partial charge in [-0.3, -0.25) is 4.57 Å². The molecule has 7 aromatic rings. The number of para-hydroxylation sites is 1. The Balaban J connectivity index is 1.59. The van der Waals surface area contributed by atoms with Gasteiger partial charge in [0, 0.05) is 27.3 Å². The van der Waals surface area contributed by atoms with Crippen LogP contribution in [-0.4, -0.2) is 14.5 Å². The lowest BCUT2D eigenvalue weighted by Gasteiger charge is -2.21. The summed E-state index contributed by atoms with van der Waals surface area (Å²) in [5.41, 5.74) is 5.09. The van der Waals surface area contributed by atoms with Crippen LogP contribution in [0, 0.1) is 0 Å². The van der Waals surface area contributed by atoms with Gasteiger partial charge in [-0.1, -0.05) is 111 Å². The third kappa shape index (κ3) is 2.84. The van der Waals surface area contributed by atoms with E-state index >= 15 is 0 Å². The first-order valence-electron chi connectivity index (χ1n) is 15.2. The fourth-order valence-corrected chi connectivity index (χ4v) is 5.99. The Morgan fingerprint density at radius 3 is 2.24 bits per heavy atom. The van der Waals surface area contributed by atoms with Gasteiger partial charge >= 0.3 is 0 Å². The number of aromatic nitrogens is 3. The highest BCUT2D eigenvalue weighted by atomic mass is 15.1. The molecule has 0 bridgehead atoms. The molecule has 0 spiro atoms. The topological polar surface area (TPSA) is 30.7 Å². The van der Waals surface area contributed by atoms with Gasteiger partial charge in [-0.25, -0.2) is 9.97 Å². The van der Waals surface area contributed by atoms with Crippen LogP contribution >= 0.6 is 0 Å². The molecule has 180 valence electrons. The van der Waals surface area contributed by atoms with Gasteiger partial charge in [-0.2, -0.15) is 0 Å². The smallest absolute Gasteiger partial charge is 0.165 e. The molecule has 0 amide bonds. The maximum Gasteiger partial charge on any atom is 0.165 e. The summed E-state index contributed by atoms with van der Waals surface area (Å²) >= 11 is 0. The first-order chi connectivity index (χ1) is 20.7. The second-order valence-electron chi connectivity index (χ2n) is 10.3. The zero-order valence-corrected chi connectivity index (χ0v) is 20.9. The Morgan fingerprint density at radius 1 is 0.684 bits per heavy atom. The molecule has 0 fully saturated rings. The second kappa shape index (κ2) is 7.62. The van der Waals surface area contributed by atoms with E-state index in [4.69, 9.17) is 16.8 Å². The zero-order valence-electron chi connectivity index (χ0n) is 25.9. The van der Waals surface area contributed by atoms with Crippen LogP contribution in [0.2, 0.25) is 0 Å². The summed E-state index contributed by atoms with van der Waals surface area (Å²) in [6, 6.07) is 26.8. The van der Waals surface area contributed by atoms with E-state index in [-0.39, 0.29) is 23.3 Å². The van der Waals surface area contributed by atoms with Gasteiger partial charge in [0.05, 0.1) is 29.3 Å². The normalized spacial score (nSPS) is 15.6. The lowest BCUT2D eigenvalue weighted by molar-refractivity contribution is 0.635. The van der Waals surface area contributed by atoms with Crippen LogP contribution in [-0.2, 0) is 5.41 Å². The van der Waals surface area contributed by atoms with E-state index < -0.39 is 23.5 Å². The SMILES string of the molecule is [2H]c1c([2H])c([2H])c(-c2nc3c(nc2-n2c4ccccc4c4cc5ccccc5cc42)-c2ccccc2C3(C)C)c([2H])c1[2H]. The third-order valence-electron chi connectivity index (χ3n) is 7.81. The Hall–Kier alpha value is -4.76. The average Bonchev–Trinajstić information content (AvgIpc) is 3.45. The first kappa shape index (κ1) is 16.9. The molecular weight excluding hydrogens is 462 g/mol. The van der Waals surface area contributed by atoms with Gasteiger partial charge in [-0.15, -0.1) is 0 Å². The van der Waals surface area contributed by atoms with Gasteiger partial charge in [0.25, 0.3) is 0 Å². The van der Waals surface area contributed by atoms with E-state index in [1.54, 1.807) is 0 Å². The summed E-state index contributed by atoms with van der Waals surface area (Å²) in [7, 11) is 0. The minimum Gasteiger partial charge on any atom is -0.292 e. The number of rotatable bonds is 2. The number of fused-ring (bicyclic) bond motifs is 7. The van der Waals surface area contributed by atoms with E-state index in [0.29, 0.717) is 11.5 Å². The standard InChI is InChI=1S/C35H25N3/c1-35(2)28-18-10-8-17-26(28)32-33(35)36-31(22-12-4-3-5-13-22)34(37-32)38-29-19-11-9-16-25(29)27-20-23-14-6-7-15-24(23)21-30(27)38/h3-21H,1-2H3/i3D,4D,5D,12D,13D. The molecule has 8 rings (SSSR count). The van der Waals surface area contributed by atoms with Crippen LogP contribution in [0.25, 0.3) is 60.9 Å². The first-order valence-corrected chi connectivity index (χ1v) is 12.7. The van der Waals surface area contributed by atoms with Gasteiger partial charge in [0.2, 0.25) is 0 Å². The molecule has 1 aliphatic carbocycles. The van der Waals surface area contributed by atoms with Gasteiger partial charge in [-0.05, 0) is 34.5 Å². The van der Waals surface area contributed by atoms with Crippen LogP contribution in [0.3, 0.4) is 0 Å². The second-order valence-corrected chi connectivity index (χ2v) is 10.3. The Morgan fingerprint density at radius 2 is 1.39 bits per heavy atom. The molecule has 3 nitrogen and oxygen atoms in total. The molecule has 2 heterocycles. The molecule has 0 N–H and O–H groups in total. The van der Waals surface area contributed by atoms with Crippen LogP contribution in [0.1, 0.15) is 32.0 Å². The maximum absolute atomic E-state index is 8.90. The molecule has 0 atom stereocenters. The van der Waals surface area contributed by atoms with E-state index in [1.165, 1.54) is 0 Å². The summed E-state index contributed by atoms with van der Waals surface area (Å²) in [6.45, 7) is 4.18. The molecule has 38 heavy (non-hydrogen) atoms. The van der Waals surface area contributed by atoms with Crippen molar-refractivity contribution in [2.75, 3.05) is 0 Å². The Bertz CT molecular complexity index is 2310. The number of hydrogen-bond acceptors (Lipinski definition) is 2. The van der Waals surface area contributed by atoms with Crippen LogP contribution in [0.5, 0.6) is 0 Å². The number of hydrogen-bond donors (Lipinski definition) is 0. The lowest BCUT2D eigenvalue weighted by atomic mass is 9.85. The Kier molecular flexibility index (Phi) is 3.39. The largest absolute Gasteiger partial charge is 0.292 e. The minimum atomic E-state index is -0.503. The molecule has 0 aliphatic heterocycles. The summed E-state index contributed by atoms with van der Waals surface area (Å²) in [5, 5.41) is 4.23. The predicted octanol–water partition coefficient (Wildman–Crippen LogP) is 8.70. The minimum absolute atomic E-state index is 0.0368. The van der Waals surface area contributed by atoms with Crippen LogP contribution < -0.4 is 0 Å². The van der Waals surface area contributed by atoms with E-state index in [0.717, 1.165) is 49.4 Å². The summed E-state index contributed by atoms with van der Waals surface area (Å²) in [4.78, 5) is 10.5. The fraction of sp³-hybridized carbons (Fsp3) is 0.0857. The van der Waals surface area contributed by atoms with E-state index in [9.17, 15) is 0 Å². The third-order valence-corrected chi connectivity index (χ3v) is 7.81. The molecule has 2 aromatic heterocycles. The highest BCUT2D eigenvalue weighted by molar-refractivity contribution is 6.13. The molecule has 5 aromatic carbocycles. The highest BCUT2D eigenvalue weighted by Crippen LogP contribution is 2.48. The quantitative estimate of drug-likeness (QED) is 0.242. The molecule has 1 aliphatic rings. The molecule has 0 unspecified atom stereocenters. The van der Waals surface area contributed by atoms with Gasteiger partial charge < -0.3 is 0 Å². The summed E-state index contributed by atoms with van der Waals surface area (Å²) in [6.07, 6.45) is 0.